The van der Waals surface area contributed by atoms with Gasteiger partial charge >= 0.3 is 0 Å². The van der Waals surface area contributed by atoms with Gasteiger partial charge in [-0.1, -0.05) is 17.7 Å². The molecule has 1 aromatic rings. The molecule has 1 rings (SSSR count). The Balaban J connectivity index is 2.40. The Labute approximate surface area is 109 Å². The normalized spacial score (nSPS) is 10.1. The minimum Gasteiger partial charge on any atom is -0.385 e. The Bertz CT molecular complexity index is 351. The molecule has 0 radical (unpaired) electrons. The number of thiocarbonyl (C=S) groups is 1. The number of hydrogen-bond donors (Lipinski definition) is 1. The van der Waals surface area contributed by atoms with Gasteiger partial charge in [0.2, 0.25) is 0 Å². The molecular formula is C13H20N2OS. The molecule has 0 aliphatic heterocycles. The van der Waals surface area contributed by atoms with Crippen molar-refractivity contribution < 1.29 is 4.74 Å². The van der Waals surface area contributed by atoms with Crippen molar-refractivity contribution in [3.8, 4) is 0 Å². The number of methoxy groups -OCH3 is 1. The largest absolute Gasteiger partial charge is 0.385 e. The predicted molar refractivity (Wildman–Crippen MR) is 76.5 cm³/mol. The average molecular weight is 252 g/mol. The van der Waals surface area contributed by atoms with Crippen LogP contribution in [-0.2, 0) is 4.74 Å². The summed E-state index contributed by atoms with van der Waals surface area (Å²) in [7, 11) is 3.70. The molecule has 0 heterocycles. The molecule has 17 heavy (non-hydrogen) atoms. The first-order valence-electron chi connectivity index (χ1n) is 5.71. The Morgan fingerprint density at radius 2 is 2.00 bits per heavy atom. The molecule has 94 valence electrons. The monoisotopic (exact) mass is 252 g/mol. The Morgan fingerprint density at radius 3 is 2.59 bits per heavy atom. The van der Waals surface area contributed by atoms with Crippen LogP contribution >= 0.6 is 12.2 Å². The van der Waals surface area contributed by atoms with Gasteiger partial charge in [-0.15, -0.1) is 0 Å². The highest BCUT2D eigenvalue weighted by molar-refractivity contribution is 7.80. The van der Waals surface area contributed by atoms with Crippen molar-refractivity contribution in [2.45, 2.75) is 13.3 Å². The van der Waals surface area contributed by atoms with Crippen molar-refractivity contribution >= 4 is 23.0 Å². The van der Waals surface area contributed by atoms with Crippen LogP contribution in [-0.4, -0.2) is 37.3 Å². The second-order valence-electron chi connectivity index (χ2n) is 4.06. The molecule has 1 aromatic carbocycles. The number of ether oxygens (including phenoxy) is 1. The standard InChI is InChI=1S/C13H20N2OS/c1-11-5-7-12(8-6-11)14-13(17)15(2)9-4-10-16-3/h5-8H,4,9-10H2,1-3H3,(H,14,17). The minimum absolute atomic E-state index is 0.741. The van der Waals surface area contributed by atoms with E-state index in [2.05, 4.69) is 24.4 Å². The van der Waals surface area contributed by atoms with Gasteiger partial charge in [0.25, 0.3) is 0 Å². The zero-order valence-corrected chi connectivity index (χ0v) is 11.5. The minimum atomic E-state index is 0.741. The van der Waals surface area contributed by atoms with E-state index in [0.717, 1.165) is 30.4 Å². The second kappa shape index (κ2) is 7.25. The van der Waals surface area contributed by atoms with Crippen LogP contribution in [0.3, 0.4) is 0 Å². The summed E-state index contributed by atoms with van der Waals surface area (Å²) < 4.78 is 5.01. The first kappa shape index (κ1) is 13.9. The summed E-state index contributed by atoms with van der Waals surface area (Å²) in [5.41, 5.74) is 2.27. The van der Waals surface area contributed by atoms with E-state index in [-0.39, 0.29) is 0 Å². The van der Waals surface area contributed by atoms with Gasteiger partial charge in [0, 0.05) is 33.0 Å². The van der Waals surface area contributed by atoms with Gasteiger partial charge in [-0.3, -0.25) is 0 Å². The zero-order chi connectivity index (χ0) is 12.7. The summed E-state index contributed by atoms with van der Waals surface area (Å²) in [6.45, 7) is 3.72. The maximum Gasteiger partial charge on any atom is 0.173 e. The second-order valence-corrected chi connectivity index (χ2v) is 4.45. The smallest absolute Gasteiger partial charge is 0.173 e. The molecule has 0 unspecified atom stereocenters. The van der Waals surface area contributed by atoms with Crippen LogP contribution < -0.4 is 5.32 Å². The van der Waals surface area contributed by atoms with Crippen LogP contribution in [0.2, 0.25) is 0 Å². The van der Waals surface area contributed by atoms with E-state index in [1.807, 2.05) is 24.1 Å². The molecule has 1 N–H and O–H groups in total. The fourth-order valence-electron chi connectivity index (χ4n) is 1.40. The summed E-state index contributed by atoms with van der Waals surface area (Å²) in [5, 5.41) is 3.95. The fourth-order valence-corrected chi connectivity index (χ4v) is 1.61. The van der Waals surface area contributed by atoms with E-state index in [1.54, 1.807) is 7.11 Å². The first-order chi connectivity index (χ1) is 8.13. The first-order valence-corrected chi connectivity index (χ1v) is 6.12. The van der Waals surface area contributed by atoms with Crippen LogP contribution in [0.15, 0.2) is 24.3 Å². The lowest BCUT2D eigenvalue weighted by Crippen LogP contribution is -2.32. The number of rotatable bonds is 5. The molecule has 0 fully saturated rings. The third-order valence-corrected chi connectivity index (χ3v) is 2.91. The topological polar surface area (TPSA) is 24.5 Å². The number of aryl methyl sites for hydroxylation is 1. The molecule has 0 aliphatic rings. The van der Waals surface area contributed by atoms with Crippen molar-refractivity contribution in [1.29, 1.82) is 0 Å². The number of nitrogens with one attached hydrogen (secondary N) is 1. The van der Waals surface area contributed by atoms with Crippen LogP contribution in [0.25, 0.3) is 0 Å². The summed E-state index contributed by atoms with van der Waals surface area (Å²) >= 11 is 5.32. The van der Waals surface area contributed by atoms with Crippen LogP contribution in [0, 0.1) is 6.92 Å². The molecule has 0 saturated carbocycles. The van der Waals surface area contributed by atoms with Crippen molar-refractivity contribution in [2.24, 2.45) is 0 Å². The molecule has 0 amide bonds. The van der Waals surface area contributed by atoms with E-state index >= 15 is 0 Å². The lowest BCUT2D eigenvalue weighted by molar-refractivity contribution is 0.189. The third kappa shape index (κ3) is 5.15. The predicted octanol–water partition coefficient (Wildman–Crippen LogP) is 2.66. The molecule has 0 spiro atoms. The van der Waals surface area contributed by atoms with Crippen LogP contribution in [0.5, 0.6) is 0 Å². The SMILES string of the molecule is COCCCN(C)C(=S)Nc1ccc(C)cc1. The fraction of sp³-hybridized carbons (Fsp3) is 0.462. The van der Waals surface area contributed by atoms with Gasteiger partial charge in [-0.05, 0) is 37.7 Å². The molecule has 0 atom stereocenters. The van der Waals surface area contributed by atoms with Gasteiger partial charge in [0.05, 0.1) is 0 Å². The van der Waals surface area contributed by atoms with E-state index in [4.69, 9.17) is 17.0 Å². The quantitative estimate of drug-likeness (QED) is 0.643. The molecule has 0 aliphatic carbocycles. The van der Waals surface area contributed by atoms with Gasteiger partial charge in [-0.2, -0.15) is 0 Å². The molecule has 4 heteroatoms. The van der Waals surface area contributed by atoms with E-state index in [1.165, 1.54) is 5.56 Å². The highest BCUT2D eigenvalue weighted by Crippen LogP contribution is 2.09. The Morgan fingerprint density at radius 1 is 1.35 bits per heavy atom. The van der Waals surface area contributed by atoms with Gasteiger partial charge in [0.1, 0.15) is 0 Å². The van der Waals surface area contributed by atoms with Crippen molar-refractivity contribution in [1.82, 2.24) is 4.90 Å². The number of hydrogen-bond acceptors (Lipinski definition) is 2. The maximum atomic E-state index is 5.32. The summed E-state index contributed by atoms with van der Waals surface area (Å²) in [6.07, 6.45) is 0.975. The molecule has 0 saturated heterocycles. The highest BCUT2D eigenvalue weighted by atomic mass is 32.1. The zero-order valence-electron chi connectivity index (χ0n) is 10.7. The van der Waals surface area contributed by atoms with Crippen LogP contribution in [0.1, 0.15) is 12.0 Å². The van der Waals surface area contributed by atoms with E-state index < -0.39 is 0 Å². The molecular weight excluding hydrogens is 232 g/mol. The Kier molecular flexibility index (Phi) is 5.94. The van der Waals surface area contributed by atoms with Gasteiger partial charge < -0.3 is 15.0 Å². The molecule has 0 aromatic heterocycles. The summed E-state index contributed by atoms with van der Waals surface area (Å²) in [6, 6.07) is 8.20. The number of nitrogens with zero attached hydrogens (tertiary/aromatic N) is 1. The summed E-state index contributed by atoms with van der Waals surface area (Å²) in [4.78, 5) is 2.02. The average Bonchev–Trinajstić information content (AvgIpc) is 2.32. The lowest BCUT2D eigenvalue weighted by atomic mass is 10.2. The van der Waals surface area contributed by atoms with Crippen molar-refractivity contribution in [2.75, 3.05) is 32.6 Å². The number of anilines is 1. The van der Waals surface area contributed by atoms with Gasteiger partial charge in [-0.25, -0.2) is 0 Å². The molecule has 3 nitrogen and oxygen atoms in total. The third-order valence-electron chi connectivity index (χ3n) is 2.49. The van der Waals surface area contributed by atoms with Crippen LogP contribution in [0.4, 0.5) is 5.69 Å². The maximum absolute atomic E-state index is 5.32. The van der Waals surface area contributed by atoms with Gasteiger partial charge in [0.15, 0.2) is 5.11 Å². The van der Waals surface area contributed by atoms with E-state index in [9.17, 15) is 0 Å². The van der Waals surface area contributed by atoms with Crippen molar-refractivity contribution in [3.63, 3.8) is 0 Å². The number of benzene rings is 1. The Hall–Kier alpha value is -1.13. The lowest BCUT2D eigenvalue weighted by Gasteiger charge is -2.20. The van der Waals surface area contributed by atoms with Crippen molar-refractivity contribution in [3.05, 3.63) is 29.8 Å². The van der Waals surface area contributed by atoms with E-state index in [0.29, 0.717) is 0 Å². The summed E-state index contributed by atoms with van der Waals surface area (Å²) in [5.74, 6) is 0. The highest BCUT2D eigenvalue weighted by Gasteiger charge is 2.03. The molecule has 0 bridgehead atoms.